The van der Waals surface area contributed by atoms with Crippen LogP contribution in [0, 0.1) is 0 Å². The van der Waals surface area contributed by atoms with Gasteiger partial charge < -0.3 is 9.11 Å². The van der Waals surface area contributed by atoms with E-state index in [1.54, 1.807) is 0 Å². The first-order chi connectivity index (χ1) is 11.6. The summed E-state index contributed by atoms with van der Waals surface area (Å²) in [6, 6.07) is 4.07. The molecule has 0 aliphatic rings. The molecule has 0 saturated heterocycles. The van der Waals surface area contributed by atoms with Crippen LogP contribution in [-0.4, -0.2) is 25.9 Å². The molecule has 144 valence electrons. The molecule has 0 N–H and O–H groups in total. The first-order valence-electron chi connectivity index (χ1n) is 5.85. The van der Waals surface area contributed by atoms with Crippen LogP contribution in [0.15, 0.2) is 34.1 Å². The van der Waals surface area contributed by atoms with Gasteiger partial charge >= 0.3 is 80.9 Å². The van der Waals surface area contributed by atoms with Gasteiger partial charge in [0.2, 0.25) is 0 Å². The second-order valence-corrected chi connectivity index (χ2v) is 9.44. The van der Waals surface area contributed by atoms with E-state index in [0.29, 0.717) is 0 Å². The second-order valence-electron chi connectivity index (χ2n) is 4.30. The van der Waals surface area contributed by atoms with Crippen molar-refractivity contribution in [2.75, 3.05) is 0 Å². The van der Waals surface area contributed by atoms with Crippen LogP contribution in [0.4, 0.5) is 0 Å². The fourth-order valence-electron chi connectivity index (χ4n) is 1.39. The van der Waals surface area contributed by atoms with Gasteiger partial charge in [0.15, 0.2) is 0 Å². The minimum Gasteiger partial charge on any atom is -0.744 e. The zero-order valence-electron chi connectivity index (χ0n) is 13.8. The first kappa shape index (κ1) is 32.8. The summed E-state index contributed by atoms with van der Waals surface area (Å²) >= 11 is 33.0. The molecule has 0 heterocycles. The zero-order valence-corrected chi connectivity index (χ0v) is 25.1. The third kappa shape index (κ3) is 10.1. The summed E-state index contributed by atoms with van der Waals surface area (Å²) in [5.74, 6) is 0. The van der Waals surface area contributed by atoms with Gasteiger partial charge in [-0.05, 0) is 24.3 Å². The second kappa shape index (κ2) is 13.4. The van der Waals surface area contributed by atoms with Gasteiger partial charge in [-0.2, -0.15) is 0 Å². The first-order valence-corrected chi connectivity index (χ1v) is 10.9. The number of benzene rings is 2. The van der Waals surface area contributed by atoms with E-state index in [1.807, 2.05) is 0 Å². The molecule has 0 aliphatic carbocycles. The predicted molar refractivity (Wildman–Crippen MR) is 98.9 cm³/mol. The van der Waals surface area contributed by atoms with Gasteiger partial charge in [-0.15, -0.1) is 0 Å². The maximum atomic E-state index is 10.6. The van der Waals surface area contributed by atoms with E-state index in [2.05, 4.69) is 0 Å². The molecular formula is C12H4Cl6KNaO6S2. The Morgan fingerprint density at radius 2 is 0.750 bits per heavy atom. The molecule has 6 nitrogen and oxygen atoms in total. The molecule has 0 amide bonds. The van der Waals surface area contributed by atoms with Gasteiger partial charge in [0, 0.05) is 0 Å². The minimum absolute atomic E-state index is 0. The molecule has 28 heavy (non-hydrogen) atoms. The summed E-state index contributed by atoms with van der Waals surface area (Å²) in [6.07, 6.45) is 0. The molecule has 0 saturated carbocycles. The molecule has 0 atom stereocenters. The van der Waals surface area contributed by atoms with Crippen molar-refractivity contribution in [3.05, 3.63) is 54.4 Å². The SMILES string of the molecule is O=S(=O)([O-])c1cc(Cl)c(Cl)cc1Cl.O=S(=O)([O-])c1cc(Cl)c(Cl)cc1Cl.[K+].[Na+]. The largest absolute Gasteiger partial charge is 1.00 e. The van der Waals surface area contributed by atoms with E-state index in [4.69, 9.17) is 69.6 Å². The van der Waals surface area contributed by atoms with Crippen molar-refractivity contribution in [3.63, 3.8) is 0 Å². The van der Waals surface area contributed by atoms with Crippen molar-refractivity contribution in [1.29, 1.82) is 0 Å². The Hall–Kier alpha value is 2.64. The summed E-state index contributed by atoms with van der Waals surface area (Å²) < 4.78 is 63.5. The van der Waals surface area contributed by atoms with E-state index in [9.17, 15) is 25.9 Å². The van der Waals surface area contributed by atoms with Crippen LogP contribution >= 0.6 is 69.6 Å². The number of rotatable bonds is 2. The topological polar surface area (TPSA) is 114 Å². The summed E-state index contributed by atoms with van der Waals surface area (Å²) in [7, 11) is -9.20. The van der Waals surface area contributed by atoms with Gasteiger partial charge in [0.05, 0.1) is 39.9 Å². The van der Waals surface area contributed by atoms with Crippen molar-refractivity contribution in [2.24, 2.45) is 0 Å². The number of hydrogen-bond donors (Lipinski definition) is 0. The van der Waals surface area contributed by atoms with Crippen LogP contribution in [0.2, 0.25) is 30.1 Å². The molecule has 2 aromatic rings. The molecule has 0 unspecified atom stereocenters. The fraction of sp³-hybridized carbons (Fsp3) is 0. The van der Waals surface area contributed by atoms with Gasteiger partial charge in [-0.25, -0.2) is 16.8 Å². The Labute approximate surface area is 256 Å². The van der Waals surface area contributed by atoms with E-state index in [0.717, 1.165) is 24.3 Å². The molecule has 2 rings (SSSR count). The summed E-state index contributed by atoms with van der Waals surface area (Å²) in [4.78, 5) is -1.13. The summed E-state index contributed by atoms with van der Waals surface area (Å²) in [5, 5.41) is -0.326. The molecule has 0 radical (unpaired) electrons. The Balaban J connectivity index is 0. The van der Waals surface area contributed by atoms with E-state index < -0.39 is 30.0 Å². The van der Waals surface area contributed by atoms with Crippen LogP contribution in [0.5, 0.6) is 0 Å². The van der Waals surface area contributed by atoms with Crippen LogP contribution in [0.1, 0.15) is 0 Å². The molecule has 16 heteroatoms. The van der Waals surface area contributed by atoms with Gasteiger partial charge in [-0.1, -0.05) is 69.6 Å². The summed E-state index contributed by atoms with van der Waals surface area (Å²) in [5.41, 5.74) is 0. The van der Waals surface area contributed by atoms with Crippen LogP contribution in [-0.2, 0) is 20.2 Å². The third-order valence-electron chi connectivity index (χ3n) is 2.49. The predicted octanol–water partition coefficient (Wildman–Crippen LogP) is -0.890. The van der Waals surface area contributed by atoms with Crippen molar-refractivity contribution < 1.29 is 107 Å². The van der Waals surface area contributed by atoms with Crippen molar-refractivity contribution in [1.82, 2.24) is 0 Å². The van der Waals surface area contributed by atoms with Crippen molar-refractivity contribution in [2.45, 2.75) is 9.79 Å². The van der Waals surface area contributed by atoms with Gasteiger partial charge in [0.1, 0.15) is 20.2 Å². The average Bonchev–Trinajstić information content (AvgIpc) is 2.45. The Kier molecular flexibility index (Phi) is 15.7. The fourth-order valence-corrected chi connectivity index (χ4v) is 4.30. The van der Waals surface area contributed by atoms with Crippen molar-refractivity contribution >= 4 is 89.8 Å². The van der Waals surface area contributed by atoms with Crippen LogP contribution in [0.3, 0.4) is 0 Å². The molecular weight excluding hydrogens is 579 g/mol. The van der Waals surface area contributed by atoms with Gasteiger partial charge in [-0.3, -0.25) is 0 Å². The Morgan fingerprint density at radius 3 is 0.964 bits per heavy atom. The maximum Gasteiger partial charge on any atom is 1.00 e. The van der Waals surface area contributed by atoms with Crippen molar-refractivity contribution in [3.8, 4) is 0 Å². The quantitative estimate of drug-likeness (QED) is 0.258. The molecule has 0 aromatic heterocycles. The zero-order chi connectivity index (χ0) is 20.4. The minimum atomic E-state index is -4.60. The molecule has 0 bridgehead atoms. The van der Waals surface area contributed by atoms with E-state index >= 15 is 0 Å². The Bertz CT molecular complexity index is 979. The van der Waals surface area contributed by atoms with E-state index in [-0.39, 0.29) is 111 Å². The number of halogens is 6. The monoisotopic (exact) mass is 580 g/mol. The van der Waals surface area contributed by atoms with E-state index in [1.165, 1.54) is 0 Å². The smallest absolute Gasteiger partial charge is 0.744 e. The molecule has 0 spiro atoms. The third-order valence-corrected chi connectivity index (χ3v) is 6.53. The normalized spacial score (nSPS) is 10.9. The number of hydrogen-bond acceptors (Lipinski definition) is 6. The maximum absolute atomic E-state index is 10.6. The van der Waals surface area contributed by atoms with Crippen LogP contribution < -0.4 is 80.9 Å². The van der Waals surface area contributed by atoms with Gasteiger partial charge in [0.25, 0.3) is 0 Å². The van der Waals surface area contributed by atoms with Crippen LogP contribution in [0.25, 0.3) is 0 Å². The average molecular weight is 583 g/mol. The summed E-state index contributed by atoms with van der Waals surface area (Å²) in [6.45, 7) is 0. The standard InChI is InChI=1S/2C6H3Cl3O3S.K.Na/c2*7-3-1-5(9)6(2-4(3)8)13(10,11)12;;/h2*1-2H,(H,10,11,12);;/q;;2*+1/p-2. The molecule has 0 aliphatic heterocycles. The molecule has 0 fully saturated rings. The Morgan fingerprint density at radius 1 is 0.536 bits per heavy atom. The molecule has 2 aromatic carbocycles.